The summed E-state index contributed by atoms with van der Waals surface area (Å²) in [6.45, 7) is 8.39. The van der Waals surface area contributed by atoms with Crippen LogP contribution in [0.4, 0.5) is 8.78 Å². The number of aromatic nitrogens is 1. The quantitative estimate of drug-likeness (QED) is 0.335. The van der Waals surface area contributed by atoms with Gasteiger partial charge < -0.3 is 10.4 Å². The molecule has 0 fully saturated rings. The molecule has 0 radical (unpaired) electrons. The van der Waals surface area contributed by atoms with E-state index in [9.17, 15) is 9.50 Å². The molecular formula is C29H30F2N2O. The van der Waals surface area contributed by atoms with Gasteiger partial charge in [-0.2, -0.15) is 0 Å². The van der Waals surface area contributed by atoms with E-state index >= 15 is 4.39 Å². The van der Waals surface area contributed by atoms with Crippen molar-refractivity contribution in [1.82, 2.24) is 10.3 Å². The van der Waals surface area contributed by atoms with Gasteiger partial charge in [0, 0.05) is 41.2 Å². The number of aliphatic hydroxyl groups excluding tert-OH is 1. The van der Waals surface area contributed by atoms with Crippen LogP contribution in [0.15, 0.2) is 85.6 Å². The van der Waals surface area contributed by atoms with E-state index in [0.717, 1.165) is 22.4 Å². The lowest BCUT2D eigenvalue weighted by Crippen LogP contribution is -2.23. The number of hydrogen-bond donors (Lipinski definition) is 2. The fourth-order valence-electron chi connectivity index (χ4n) is 3.77. The molecule has 0 saturated carbocycles. The normalized spacial score (nSPS) is 13.0. The molecule has 0 aliphatic heterocycles. The molecule has 1 atom stereocenters. The van der Waals surface area contributed by atoms with Gasteiger partial charge in [0.2, 0.25) is 0 Å². The molecule has 0 aliphatic rings. The molecule has 1 heterocycles. The molecule has 0 amide bonds. The van der Waals surface area contributed by atoms with Crippen LogP contribution in [0.5, 0.6) is 0 Å². The van der Waals surface area contributed by atoms with Crippen LogP contribution in [0.25, 0.3) is 16.8 Å². The molecule has 176 valence electrons. The first-order chi connectivity index (χ1) is 16.4. The highest BCUT2D eigenvalue weighted by atomic mass is 19.1. The van der Waals surface area contributed by atoms with Gasteiger partial charge in [0.25, 0.3) is 0 Å². The molecule has 34 heavy (non-hydrogen) atoms. The molecule has 1 aromatic heterocycles. The van der Waals surface area contributed by atoms with Crippen LogP contribution in [-0.4, -0.2) is 23.2 Å². The Morgan fingerprint density at radius 3 is 2.50 bits per heavy atom. The molecule has 3 nitrogen and oxygen atoms in total. The summed E-state index contributed by atoms with van der Waals surface area (Å²) in [6.07, 6.45) is 6.28. The molecule has 2 N–H and O–H groups in total. The van der Waals surface area contributed by atoms with Gasteiger partial charge in [-0.25, -0.2) is 8.78 Å². The fraction of sp³-hybridized carbons (Fsp3) is 0.207. The van der Waals surface area contributed by atoms with Crippen LogP contribution >= 0.6 is 0 Å². The second-order valence-electron chi connectivity index (χ2n) is 8.06. The van der Waals surface area contributed by atoms with E-state index in [1.165, 1.54) is 18.2 Å². The van der Waals surface area contributed by atoms with E-state index in [4.69, 9.17) is 0 Å². The minimum absolute atomic E-state index is 0.0755. The predicted octanol–water partition coefficient (Wildman–Crippen LogP) is 6.59. The Labute approximate surface area is 200 Å². The molecule has 1 unspecified atom stereocenters. The van der Waals surface area contributed by atoms with Crippen molar-refractivity contribution >= 4 is 16.8 Å². The van der Waals surface area contributed by atoms with Gasteiger partial charge in [-0.1, -0.05) is 56.0 Å². The molecule has 3 aromatic rings. The van der Waals surface area contributed by atoms with Gasteiger partial charge in [0.05, 0.1) is 6.61 Å². The molecule has 3 rings (SSSR count). The van der Waals surface area contributed by atoms with Crippen LogP contribution in [0.3, 0.4) is 0 Å². The predicted molar refractivity (Wildman–Crippen MR) is 136 cm³/mol. The average molecular weight is 461 g/mol. The second-order valence-corrected chi connectivity index (χ2v) is 8.06. The largest absolute Gasteiger partial charge is 0.396 e. The fourth-order valence-corrected chi connectivity index (χ4v) is 3.77. The number of rotatable bonds is 10. The standard InChI is InChI=1S/C29H30F2N2O/c1-4-8-23(17-20(2)22-12-14-25(30)15-13-22)29-26(9-7-10-27(29)31)21(3)33-18-24(19-34)28-11-5-6-16-32-28/h5-17,24,33-34H,3-4,18-19H2,1-2H3/b20-17+,23-8-. The third-order valence-corrected chi connectivity index (χ3v) is 5.61. The monoisotopic (exact) mass is 460 g/mol. The zero-order chi connectivity index (χ0) is 24.5. The highest BCUT2D eigenvalue weighted by Crippen LogP contribution is 2.30. The highest BCUT2D eigenvalue weighted by molar-refractivity contribution is 5.88. The zero-order valence-corrected chi connectivity index (χ0v) is 19.6. The first-order valence-electron chi connectivity index (χ1n) is 11.3. The maximum atomic E-state index is 15.2. The van der Waals surface area contributed by atoms with Gasteiger partial charge in [0.15, 0.2) is 0 Å². The summed E-state index contributed by atoms with van der Waals surface area (Å²) in [5.41, 5.74) is 4.89. The Hall–Kier alpha value is -3.57. The zero-order valence-electron chi connectivity index (χ0n) is 19.6. The van der Waals surface area contributed by atoms with Crippen molar-refractivity contribution in [2.75, 3.05) is 13.2 Å². The molecule has 2 aromatic carbocycles. The number of hydrogen-bond acceptors (Lipinski definition) is 3. The van der Waals surface area contributed by atoms with Crippen LogP contribution in [0, 0.1) is 11.6 Å². The van der Waals surface area contributed by atoms with Gasteiger partial charge in [-0.15, -0.1) is 0 Å². The van der Waals surface area contributed by atoms with Crippen molar-refractivity contribution in [3.8, 4) is 0 Å². The Morgan fingerprint density at radius 1 is 1.09 bits per heavy atom. The highest BCUT2D eigenvalue weighted by Gasteiger charge is 2.17. The lowest BCUT2D eigenvalue weighted by Gasteiger charge is -2.19. The third kappa shape index (κ3) is 6.27. The number of allylic oxidation sites excluding steroid dienone is 4. The van der Waals surface area contributed by atoms with Crippen molar-refractivity contribution < 1.29 is 13.9 Å². The van der Waals surface area contributed by atoms with Gasteiger partial charge >= 0.3 is 0 Å². The summed E-state index contributed by atoms with van der Waals surface area (Å²) in [6, 6.07) is 16.7. The number of benzene rings is 2. The van der Waals surface area contributed by atoms with E-state index in [-0.39, 0.29) is 24.2 Å². The first kappa shape index (κ1) is 25.1. The first-order valence-corrected chi connectivity index (χ1v) is 11.3. The number of aliphatic hydroxyl groups is 1. The van der Waals surface area contributed by atoms with Gasteiger partial charge in [-0.3, -0.25) is 4.98 Å². The lowest BCUT2D eigenvalue weighted by atomic mass is 9.93. The van der Waals surface area contributed by atoms with Crippen molar-refractivity contribution in [2.45, 2.75) is 26.2 Å². The van der Waals surface area contributed by atoms with Crippen LogP contribution < -0.4 is 5.32 Å². The van der Waals surface area contributed by atoms with E-state index in [1.54, 1.807) is 24.4 Å². The lowest BCUT2D eigenvalue weighted by molar-refractivity contribution is 0.262. The number of pyridine rings is 1. The molecule has 0 saturated heterocycles. The summed E-state index contributed by atoms with van der Waals surface area (Å²) in [4.78, 5) is 4.32. The number of nitrogens with one attached hydrogen (secondary N) is 1. The van der Waals surface area contributed by atoms with Crippen molar-refractivity contribution in [3.63, 3.8) is 0 Å². The summed E-state index contributed by atoms with van der Waals surface area (Å²) < 4.78 is 28.5. The van der Waals surface area contributed by atoms with Crippen LogP contribution in [0.2, 0.25) is 0 Å². The summed E-state index contributed by atoms with van der Waals surface area (Å²) >= 11 is 0. The maximum absolute atomic E-state index is 15.2. The minimum Gasteiger partial charge on any atom is -0.396 e. The maximum Gasteiger partial charge on any atom is 0.131 e. The van der Waals surface area contributed by atoms with Crippen molar-refractivity contribution in [2.24, 2.45) is 0 Å². The van der Waals surface area contributed by atoms with Gasteiger partial charge in [-0.05, 0) is 60.4 Å². The number of nitrogens with zero attached hydrogens (tertiary/aromatic N) is 1. The van der Waals surface area contributed by atoms with Crippen molar-refractivity contribution in [1.29, 1.82) is 0 Å². The Morgan fingerprint density at radius 2 is 1.85 bits per heavy atom. The van der Waals surface area contributed by atoms with Crippen LogP contribution in [0.1, 0.15) is 48.6 Å². The molecule has 0 aliphatic carbocycles. The third-order valence-electron chi connectivity index (χ3n) is 5.61. The molecule has 0 spiro atoms. The van der Waals surface area contributed by atoms with E-state index in [1.807, 2.05) is 50.3 Å². The summed E-state index contributed by atoms with van der Waals surface area (Å²) in [7, 11) is 0. The second kappa shape index (κ2) is 12.1. The molecule has 5 heteroatoms. The average Bonchev–Trinajstić information content (AvgIpc) is 2.85. The Bertz CT molecular complexity index is 1170. The molecular weight excluding hydrogens is 430 g/mol. The van der Waals surface area contributed by atoms with Gasteiger partial charge in [0.1, 0.15) is 11.6 Å². The topological polar surface area (TPSA) is 45.1 Å². The van der Waals surface area contributed by atoms with Crippen LogP contribution in [-0.2, 0) is 0 Å². The van der Waals surface area contributed by atoms with Crippen molar-refractivity contribution in [3.05, 3.63) is 120 Å². The van der Waals surface area contributed by atoms with E-state index in [2.05, 4.69) is 16.9 Å². The molecule has 0 bridgehead atoms. The minimum atomic E-state index is -0.355. The van der Waals surface area contributed by atoms with E-state index < -0.39 is 0 Å². The Kier molecular flexibility index (Phi) is 8.88. The number of halogens is 2. The van der Waals surface area contributed by atoms with E-state index in [0.29, 0.717) is 29.8 Å². The summed E-state index contributed by atoms with van der Waals surface area (Å²) in [5.74, 6) is -0.875. The summed E-state index contributed by atoms with van der Waals surface area (Å²) in [5, 5.41) is 13.1. The Balaban J connectivity index is 1.91. The SMILES string of the molecule is C=C(NCC(CO)c1ccccn1)c1cccc(F)c1C(=C\CC)/C=C(\C)c1ccc(F)cc1. The smallest absolute Gasteiger partial charge is 0.131 e.